The second-order valence-electron chi connectivity index (χ2n) is 5.97. The molecule has 2 aliphatic rings. The summed E-state index contributed by atoms with van der Waals surface area (Å²) in [6.07, 6.45) is 2.06. The van der Waals surface area contributed by atoms with Crippen LogP contribution >= 0.6 is 15.9 Å². The predicted octanol–water partition coefficient (Wildman–Crippen LogP) is 2.68. The highest BCUT2D eigenvalue weighted by Gasteiger charge is 2.41. The number of benzene rings is 1. The van der Waals surface area contributed by atoms with E-state index >= 15 is 0 Å². The van der Waals surface area contributed by atoms with Crippen LogP contribution in [-0.2, 0) is 0 Å². The minimum atomic E-state index is -0.0956. The molecule has 3 N–H and O–H groups in total. The number of aliphatic hydroxyl groups is 1. The highest BCUT2D eigenvalue weighted by atomic mass is 79.9. The predicted molar refractivity (Wildman–Crippen MR) is 81.2 cm³/mol. The summed E-state index contributed by atoms with van der Waals surface area (Å²) >= 11 is 3.61. The van der Waals surface area contributed by atoms with E-state index < -0.39 is 0 Å². The van der Waals surface area contributed by atoms with Gasteiger partial charge in [0.1, 0.15) is 0 Å². The summed E-state index contributed by atoms with van der Waals surface area (Å²) in [4.78, 5) is 2.40. The number of fused-ring (bicyclic) bond motifs is 1. The second kappa shape index (κ2) is 5.08. The molecule has 0 radical (unpaired) electrons. The fraction of sp³-hybridized carbons (Fsp3) is 0.600. The van der Waals surface area contributed by atoms with Gasteiger partial charge >= 0.3 is 0 Å². The lowest BCUT2D eigenvalue weighted by Crippen LogP contribution is -2.24. The summed E-state index contributed by atoms with van der Waals surface area (Å²) in [5.41, 5.74) is 8.31. The molecule has 19 heavy (non-hydrogen) atoms. The molecule has 0 aromatic heterocycles. The van der Waals surface area contributed by atoms with Crippen LogP contribution in [-0.4, -0.2) is 24.3 Å². The Morgan fingerprint density at radius 2 is 2.16 bits per heavy atom. The van der Waals surface area contributed by atoms with Crippen LogP contribution in [0.4, 0.5) is 5.69 Å². The maximum absolute atomic E-state index is 9.98. The number of hydrogen-bond acceptors (Lipinski definition) is 3. The van der Waals surface area contributed by atoms with Crippen LogP contribution in [0.5, 0.6) is 0 Å². The van der Waals surface area contributed by atoms with Crippen molar-refractivity contribution in [3.8, 4) is 0 Å². The highest BCUT2D eigenvalue weighted by molar-refractivity contribution is 9.10. The molecule has 4 heteroatoms. The van der Waals surface area contributed by atoms with Gasteiger partial charge in [0.25, 0.3) is 0 Å². The quantitative estimate of drug-likeness (QED) is 0.879. The third-order valence-electron chi connectivity index (χ3n) is 4.66. The molecule has 1 heterocycles. The molecule has 0 bridgehead atoms. The minimum absolute atomic E-state index is 0.0446. The van der Waals surface area contributed by atoms with Crippen LogP contribution in [0.15, 0.2) is 22.7 Å². The van der Waals surface area contributed by atoms with Crippen molar-refractivity contribution in [2.24, 2.45) is 17.6 Å². The SMILES string of the molecule is C[C@@H](N)c1ccc(N2CC3CCC(O)C3C2)cc1Br. The Balaban J connectivity index is 1.79. The third-order valence-corrected chi connectivity index (χ3v) is 5.35. The fourth-order valence-corrected chi connectivity index (χ4v) is 4.26. The van der Waals surface area contributed by atoms with Crippen molar-refractivity contribution in [3.63, 3.8) is 0 Å². The van der Waals surface area contributed by atoms with Crippen molar-refractivity contribution in [1.29, 1.82) is 0 Å². The van der Waals surface area contributed by atoms with Gasteiger partial charge in [-0.25, -0.2) is 0 Å². The van der Waals surface area contributed by atoms with Gasteiger partial charge in [0.2, 0.25) is 0 Å². The first-order chi connectivity index (χ1) is 9.06. The van der Waals surface area contributed by atoms with E-state index in [4.69, 9.17) is 5.73 Å². The van der Waals surface area contributed by atoms with Gasteiger partial charge in [0, 0.05) is 35.2 Å². The van der Waals surface area contributed by atoms with E-state index in [2.05, 4.69) is 39.0 Å². The molecule has 0 spiro atoms. The number of nitrogens with two attached hydrogens (primary N) is 1. The number of rotatable bonds is 2. The first-order valence-corrected chi connectivity index (χ1v) is 7.83. The molecular weight excluding hydrogens is 304 g/mol. The van der Waals surface area contributed by atoms with Gasteiger partial charge in [0.15, 0.2) is 0 Å². The summed E-state index contributed by atoms with van der Waals surface area (Å²) in [5, 5.41) is 9.98. The van der Waals surface area contributed by atoms with Crippen molar-refractivity contribution >= 4 is 21.6 Å². The first kappa shape index (κ1) is 13.4. The van der Waals surface area contributed by atoms with Crippen LogP contribution in [0.1, 0.15) is 31.4 Å². The zero-order valence-corrected chi connectivity index (χ0v) is 12.8. The molecule has 4 atom stereocenters. The molecule has 1 aromatic carbocycles. The molecule has 1 aliphatic heterocycles. The Bertz CT molecular complexity index is 477. The van der Waals surface area contributed by atoms with Crippen molar-refractivity contribution in [3.05, 3.63) is 28.2 Å². The Morgan fingerprint density at radius 1 is 1.37 bits per heavy atom. The maximum Gasteiger partial charge on any atom is 0.0588 e. The zero-order chi connectivity index (χ0) is 13.6. The third kappa shape index (κ3) is 2.41. The van der Waals surface area contributed by atoms with Crippen LogP contribution in [0, 0.1) is 11.8 Å². The lowest BCUT2D eigenvalue weighted by Gasteiger charge is -2.22. The lowest BCUT2D eigenvalue weighted by molar-refractivity contribution is 0.133. The van der Waals surface area contributed by atoms with Gasteiger partial charge in [-0.3, -0.25) is 0 Å². The largest absolute Gasteiger partial charge is 0.393 e. The Kier molecular flexibility index (Phi) is 3.58. The number of halogens is 1. The monoisotopic (exact) mass is 324 g/mol. The van der Waals surface area contributed by atoms with Gasteiger partial charge in [-0.1, -0.05) is 22.0 Å². The summed E-state index contributed by atoms with van der Waals surface area (Å²) in [7, 11) is 0. The van der Waals surface area contributed by atoms with Gasteiger partial charge in [-0.15, -0.1) is 0 Å². The van der Waals surface area contributed by atoms with Crippen LogP contribution in [0.2, 0.25) is 0 Å². The number of anilines is 1. The van der Waals surface area contributed by atoms with Crippen molar-refractivity contribution in [2.45, 2.75) is 31.9 Å². The zero-order valence-electron chi connectivity index (χ0n) is 11.2. The Hall–Kier alpha value is -0.580. The number of hydrogen-bond donors (Lipinski definition) is 2. The molecule has 3 unspecified atom stereocenters. The molecule has 104 valence electrons. The Morgan fingerprint density at radius 3 is 2.79 bits per heavy atom. The number of nitrogens with zero attached hydrogens (tertiary/aromatic N) is 1. The van der Waals surface area contributed by atoms with E-state index in [-0.39, 0.29) is 12.1 Å². The Labute approximate surface area is 122 Å². The molecule has 0 amide bonds. The van der Waals surface area contributed by atoms with E-state index in [0.717, 1.165) is 29.5 Å². The van der Waals surface area contributed by atoms with Crippen molar-refractivity contribution in [2.75, 3.05) is 18.0 Å². The summed E-state index contributed by atoms with van der Waals surface area (Å²) in [6.45, 7) is 4.05. The van der Waals surface area contributed by atoms with E-state index in [1.165, 1.54) is 12.1 Å². The van der Waals surface area contributed by atoms with Crippen LogP contribution in [0.25, 0.3) is 0 Å². The smallest absolute Gasteiger partial charge is 0.0588 e. The lowest BCUT2D eigenvalue weighted by atomic mass is 10.00. The van der Waals surface area contributed by atoms with E-state index in [1.807, 2.05) is 6.92 Å². The summed E-state index contributed by atoms with van der Waals surface area (Å²) < 4.78 is 1.08. The van der Waals surface area contributed by atoms with Gasteiger partial charge in [-0.2, -0.15) is 0 Å². The molecule has 1 saturated carbocycles. The normalized spacial score (nSPS) is 31.6. The van der Waals surface area contributed by atoms with E-state index in [9.17, 15) is 5.11 Å². The topological polar surface area (TPSA) is 49.5 Å². The fourth-order valence-electron chi connectivity index (χ4n) is 3.53. The van der Waals surface area contributed by atoms with Crippen molar-refractivity contribution in [1.82, 2.24) is 0 Å². The minimum Gasteiger partial charge on any atom is -0.393 e. The number of aliphatic hydroxyl groups excluding tert-OH is 1. The molecule has 3 nitrogen and oxygen atoms in total. The summed E-state index contributed by atoms with van der Waals surface area (Å²) in [5.74, 6) is 1.13. The molecule has 1 saturated heterocycles. The van der Waals surface area contributed by atoms with Gasteiger partial charge in [-0.05, 0) is 43.4 Å². The van der Waals surface area contributed by atoms with E-state index in [0.29, 0.717) is 11.8 Å². The molecule has 1 aromatic rings. The molecule has 1 aliphatic carbocycles. The molecular formula is C15H21BrN2O. The summed E-state index contributed by atoms with van der Waals surface area (Å²) in [6, 6.07) is 6.46. The van der Waals surface area contributed by atoms with Gasteiger partial charge < -0.3 is 15.7 Å². The average Bonchev–Trinajstić information content (AvgIpc) is 2.91. The van der Waals surface area contributed by atoms with E-state index in [1.54, 1.807) is 0 Å². The van der Waals surface area contributed by atoms with Gasteiger partial charge in [0.05, 0.1) is 6.10 Å². The first-order valence-electron chi connectivity index (χ1n) is 7.04. The molecule has 3 rings (SSSR count). The standard InChI is InChI=1S/C15H21BrN2O/c1-9(17)12-4-3-11(6-14(12)16)18-7-10-2-5-15(19)13(10)8-18/h3-4,6,9-10,13,15,19H,2,5,7-8,17H2,1H3/t9-,10?,13?,15?/m1/s1. The van der Waals surface area contributed by atoms with Crippen LogP contribution in [0.3, 0.4) is 0 Å². The maximum atomic E-state index is 9.98. The average molecular weight is 325 g/mol. The van der Waals surface area contributed by atoms with Crippen molar-refractivity contribution < 1.29 is 5.11 Å². The molecule has 2 fully saturated rings. The van der Waals surface area contributed by atoms with Crippen LogP contribution < -0.4 is 10.6 Å². The second-order valence-corrected chi connectivity index (χ2v) is 6.82. The highest BCUT2D eigenvalue weighted by Crippen LogP contribution is 2.40.